The van der Waals surface area contributed by atoms with E-state index in [0.717, 1.165) is 25.9 Å². The summed E-state index contributed by atoms with van der Waals surface area (Å²) in [6.45, 7) is 2.15. The zero-order valence-electron chi connectivity index (χ0n) is 13.6. The molecule has 0 atom stereocenters. The van der Waals surface area contributed by atoms with Gasteiger partial charge in [0, 0.05) is 37.6 Å². The SMILES string of the molecule is CS(=O)(=O)CCN1CCC(NC(=O)c2ccccc2N)CC1.Cl.Cl. The van der Waals surface area contributed by atoms with Crippen molar-refractivity contribution >= 4 is 46.2 Å². The highest BCUT2D eigenvalue weighted by Crippen LogP contribution is 2.14. The largest absolute Gasteiger partial charge is 0.398 e. The van der Waals surface area contributed by atoms with Crippen molar-refractivity contribution in [2.45, 2.75) is 18.9 Å². The van der Waals surface area contributed by atoms with E-state index >= 15 is 0 Å². The molecule has 1 heterocycles. The van der Waals surface area contributed by atoms with Gasteiger partial charge in [0.25, 0.3) is 5.91 Å². The van der Waals surface area contributed by atoms with Crippen LogP contribution in [0, 0.1) is 0 Å². The van der Waals surface area contributed by atoms with E-state index < -0.39 is 9.84 Å². The number of rotatable bonds is 5. The number of para-hydroxylation sites is 1. The smallest absolute Gasteiger partial charge is 0.253 e. The lowest BCUT2D eigenvalue weighted by Crippen LogP contribution is -2.45. The fourth-order valence-corrected chi connectivity index (χ4v) is 3.15. The van der Waals surface area contributed by atoms with Crippen LogP contribution < -0.4 is 11.1 Å². The first kappa shape index (κ1) is 23.0. The molecule has 1 fully saturated rings. The number of likely N-dealkylation sites (tertiary alicyclic amines) is 1. The van der Waals surface area contributed by atoms with Gasteiger partial charge in [-0.3, -0.25) is 4.79 Å². The minimum absolute atomic E-state index is 0. The molecule has 6 nitrogen and oxygen atoms in total. The molecule has 9 heteroatoms. The predicted octanol–water partition coefficient (Wildman–Crippen LogP) is 1.35. The monoisotopic (exact) mass is 397 g/mol. The molecule has 1 saturated heterocycles. The number of halogens is 2. The third-order valence-corrected chi connectivity index (χ3v) is 4.83. The molecule has 0 bridgehead atoms. The average Bonchev–Trinajstić information content (AvgIpc) is 2.46. The standard InChI is InChI=1S/C15H23N3O3S.2ClH/c1-22(20,21)11-10-18-8-6-12(7-9-18)17-15(19)13-4-2-3-5-14(13)16;;/h2-5,12H,6-11,16H2,1H3,(H,17,19);2*1H. The van der Waals surface area contributed by atoms with Crippen LogP contribution in [0.5, 0.6) is 0 Å². The summed E-state index contributed by atoms with van der Waals surface area (Å²) in [5.41, 5.74) is 6.78. The van der Waals surface area contributed by atoms with E-state index in [1.54, 1.807) is 24.3 Å². The Balaban J connectivity index is 0.00000264. The second-order valence-corrected chi connectivity index (χ2v) is 8.07. The van der Waals surface area contributed by atoms with Gasteiger partial charge in [-0.05, 0) is 25.0 Å². The molecule has 0 aromatic heterocycles. The number of anilines is 1. The van der Waals surface area contributed by atoms with Crippen LogP contribution in [-0.4, -0.2) is 56.9 Å². The Hall–Kier alpha value is -1.02. The predicted molar refractivity (Wildman–Crippen MR) is 102 cm³/mol. The van der Waals surface area contributed by atoms with Crippen molar-refractivity contribution in [3.05, 3.63) is 29.8 Å². The van der Waals surface area contributed by atoms with Gasteiger partial charge >= 0.3 is 0 Å². The van der Waals surface area contributed by atoms with E-state index in [2.05, 4.69) is 10.2 Å². The molecule has 1 aliphatic heterocycles. The fraction of sp³-hybridized carbons (Fsp3) is 0.533. The van der Waals surface area contributed by atoms with Crippen LogP contribution in [-0.2, 0) is 9.84 Å². The fourth-order valence-electron chi connectivity index (χ4n) is 2.56. The van der Waals surface area contributed by atoms with E-state index in [9.17, 15) is 13.2 Å². The minimum Gasteiger partial charge on any atom is -0.398 e. The molecule has 0 unspecified atom stereocenters. The van der Waals surface area contributed by atoms with Gasteiger partial charge in [-0.1, -0.05) is 12.1 Å². The van der Waals surface area contributed by atoms with Crippen molar-refractivity contribution in [2.24, 2.45) is 0 Å². The van der Waals surface area contributed by atoms with Crippen molar-refractivity contribution < 1.29 is 13.2 Å². The van der Waals surface area contributed by atoms with Crippen LogP contribution in [0.25, 0.3) is 0 Å². The number of hydrogen-bond donors (Lipinski definition) is 2. The van der Waals surface area contributed by atoms with Gasteiger partial charge in [-0.2, -0.15) is 0 Å². The molecule has 24 heavy (non-hydrogen) atoms. The summed E-state index contributed by atoms with van der Waals surface area (Å²) in [6, 6.07) is 7.13. The molecule has 1 aromatic carbocycles. The Kier molecular flexibility index (Phi) is 9.65. The summed E-state index contributed by atoms with van der Waals surface area (Å²) in [5.74, 6) is 0.0394. The molecule has 3 N–H and O–H groups in total. The van der Waals surface area contributed by atoms with E-state index in [0.29, 0.717) is 17.8 Å². The third kappa shape index (κ3) is 7.25. The lowest BCUT2D eigenvalue weighted by Gasteiger charge is -2.32. The number of hydrogen-bond acceptors (Lipinski definition) is 5. The summed E-state index contributed by atoms with van der Waals surface area (Å²) in [7, 11) is -2.92. The Morgan fingerprint density at radius 3 is 2.38 bits per heavy atom. The van der Waals surface area contributed by atoms with Gasteiger partial charge in [-0.15, -0.1) is 24.8 Å². The summed E-state index contributed by atoms with van der Waals surface area (Å²) in [4.78, 5) is 14.3. The highest BCUT2D eigenvalue weighted by molar-refractivity contribution is 7.90. The maximum atomic E-state index is 12.2. The second-order valence-electron chi connectivity index (χ2n) is 5.81. The topological polar surface area (TPSA) is 92.5 Å². The molecule has 2 rings (SSSR count). The second kappa shape index (κ2) is 10.1. The maximum Gasteiger partial charge on any atom is 0.253 e. The minimum atomic E-state index is -2.92. The first-order chi connectivity index (χ1) is 10.3. The van der Waals surface area contributed by atoms with Crippen molar-refractivity contribution in [2.75, 3.05) is 37.4 Å². The quantitative estimate of drug-likeness (QED) is 0.731. The Bertz CT molecular complexity index is 633. The number of carbonyl (C=O) groups is 1. The number of nitrogen functional groups attached to an aromatic ring is 1. The number of carbonyl (C=O) groups excluding carboxylic acids is 1. The van der Waals surface area contributed by atoms with Crippen LogP contribution in [0.3, 0.4) is 0 Å². The Labute approximate surface area is 155 Å². The van der Waals surface area contributed by atoms with Gasteiger partial charge in [-0.25, -0.2) is 8.42 Å². The first-order valence-corrected chi connectivity index (χ1v) is 9.46. The normalized spacial score (nSPS) is 15.9. The molecule has 1 aliphatic rings. The van der Waals surface area contributed by atoms with E-state index in [-0.39, 0.29) is 42.5 Å². The molecule has 0 aliphatic carbocycles. The van der Waals surface area contributed by atoms with Crippen LogP contribution in [0.2, 0.25) is 0 Å². The van der Waals surface area contributed by atoms with Crippen LogP contribution >= 0.6 is 24.8 Å². The number of amides is 1. The molecular formula is C15H25Cl2N3O3S. The molecule has 0 spiro atoms. The molecule has 0 radical (unpaired) electrons. The van der Waals surface area contributed by atoms with Crippen LogP contribution in [0.4, 0.5) is 5.69 Å². The zero-order chi connectivity index (χ0) is 16.2. The first-order valence-electron chi connectivity index (χ1n) is 7.40. The van der Waals surface area contributed by atoms with Crippen molar-refractivity contribution in [1.29, 1.82) is 0 Å². The molecule has 0 saturated carbocycles. The van der Waals surface area contributed by atoms with E-state index in [1.807, 2.05) is 0 Å². The highest BCUT2D eigenvalue weighted by Gasteiger charge is 2.22. The Morgan fingerprint density at radius 1 is 1.25 bits per heavy atom. The maximum absolute atomic E-state index is 12.2. The Morgan fingerprint density at radius 2 is 1.83 bits per heavy atom. The molecule has 1 aromatic rings. The van der Waals surface area contributed by atoms with Crippen molar-refractivity contribution in [3.8, 4) is 0 Å². The van der Waals surface area contributed by atoms with Gasteiger partial charge in [0.05, 0.1) is 11.3 Å². The number of nitrogens with one attached hydrogen (secondary N) is 1. The zero-order valence-corrected chi connectivity index (χ0v) is 16.1. The molecule has 138 valence electrons. The van der Waals surface area contributed by atoms with Crippen molar-refractivity contribution in [1.82, 2.24) is 10.2 Å². The third-order valence-electron chi connectivity index (χ3n) is 3.91. The van der Waals surface area contributed by atoms with Gasteiger partial charge < -0.3 is 16.0 Å². The average molecular weight is 398 g/mol. The summed E-state index contributed by atoms with van der Waals surface area (Å²) >= 11 is 0. The lowest BCUT2D eigenvalue weighted by atomic mass is 10.0. The van der Waals surface area contributed by atoms with E-state index in [1.165, 1.54) is 6.26 Å². The molecular weight excluding hydrogens is 373 g/mol. The van der Waals surface area contributed by atoms with Crippen LogP contribution in [0.1, 0.15) is 23.2 Å². The van der Waals surface area contributed by atoms with E-state index in [4.69, 9.17) is 5.73 Å². The summed E-state index contributed by atoms with van der Waals surface area (Å²) < 4.78 is 22.4. The van der Waals surface area contributed by atoms with Gasteiger partial charge in [0.2, 0.25) is 0 Å². The van der Waals surface area contributed by atoms with Gasteiger partial charge in [0.15, 0.2) is 0 Å². The number of nitrogens with zero attached hydrogens (tertiary/aromatic N) is 1. The number of sulfone groups is 1. The summed E-state index contributed by atoms with van der Waals surface area (Å²) in [6.07, 6.45) is 2.90. The highest BCUT2D eigenvalue weighted by atomic mass is 35.5. The summed E-state index contributed by atoms with van der Waals surface area (Å²) in [5, 5.41) is 3.01. The number of benzene rings is 1. The van der Waals surface area contributed by atoms with Gasteiger partial charge in [0.1, 0.15) is 9.84 Å². The molecule has 1 amide bonds. The number of piperidine rings is 1. The number of nitrogens with two attached hydrogens (primary N) is 1. The lowest BCUT2D eigenvalue weighted by molar-refractivity contribution is 0.0914. The van der Waals surface area contributed by atoms with Crippen LogP contribution in [0.15, 0.2) is 24.3 Å². The van der Waals surface area contributed by atoms with Crippen molar-refractivity contribution in [3.63, 3.8) is 0 Å².